The van der Waals surface area contributed by atoms with Crippen LogP contribution in [-0.4, -0.2) is 43.9 Å². The Morgan fingerprint density at radius 2 is 1.57 bits per heavy atom. The van der Waals surface area contributed by atoms with E-state index in [-0.39, 0.29) is 23.8 Å². The summed E-state index contributed by atoms with van der Waals surface area (Å²) < 4.78 is 10.1. The number of carbonyl (C=O) groups excluding carboxylic acids is 2. The Bertz CT molecular complexity index is 375. The Balaban J connectivity index is 4.52. The standard InChI is InChI=1S/C17H34N2O4/c1-11(2)13(10-19-16(21)23-17(5,6)7)9-18-14(12(3)4)15(20)22-8/h11-14,18H,9-10H2,1-8H3,(H,19,21)/t13?,14-/m0/s1. The summed E-state index contributed by atoms with van der Waals surface area (Å²) in [6.45, 7) is 14.7. The van der Waals surface area contributed by atoms with Crippen molar-refractivity contribution in [3.63, 3.8) is 0 Å². The van der Waals surface area contributed by atoms with Gasteiger partial charge >= 0.3 is 12.1 Å². The van der Waals surface area contributed by atoms with Crippen LogP contribution in [0.4, 0.5) is 4.79 Å². The molecule has 0 saturated carbocycles. The molecule has 0 aliphatic rings. The largest absolute Gasteiger partial charge is 0.468 e. The maximum Gasteiger partial charge on any atom is 0.407 e. The summed E-state index contributed by atoms with van der Waals surface area (Å²) in [7, 11) is 1.39. The second-order valence-corrected chi connectivity index (χ2v) is 7.54. The molecular formula is C17H34N2O4. The van der Waals surface area contributed by atoms with Gasteiger partial charge in [0.15, 0.2) is 0 Å². The Morgan fingerprint density at radius 3 is 1.96 bits per heavy atom. The average Bonchev–Trinajstić information content (AvgIpc) is 2.39. The zero-order valence-electron chi connectivity index (χ0n) is 15.9. The fraction of sp³-hybridized carbons (Fsp3) is 0.882. The maximum atomic E-state index is 11.8. The quantitative estimate of drug-likeness (QED) is 0.669. The first kappa shape index (κ1) is 21.7. The van der Waals surface area contributed by atoms with Gasteiger partial charge in [-0.3, -0.25) is 4.79 Å². The van der Waals surface area contributed by atoms with Crippen LogP contribution >= 0.6 is 0 Å². The van der Waals surface area contributed by atoms with Gasteiger partial charge in [-0.15, -0.1) is 0 Å². The summed E-state index contributed by atoms with van der Waals surface area (Å²) >= 11 is 0. The highest BCUT2D eigenvalue weighted by atomic mass is 16.6. The third kappa shape index (κ3) is 9.43. The second kappa shape index (κ2) is 9.75. The van der Waals surface area contributed by atoms with E-state index in [9.17, 15) is 9.59 Å². The van der Waals surface area contributed by atoms with E-state index in [0.717, 1.165) is 0 Å². The Hall–Kier alpha value is -1.30. The van der Waals surface area contributed by atoms with Gasteiger partial charge in [0.25, 0.3) is 0 Å². The molecule has 1 unspecified atom stereocenters. The fourth-order valence-electron chi connectivity index (χ4n) is 2.07. The van der Waals surface area contributed by atoms with Crippen LogP contribution in [0.5, 0.6) is 0 Å². The number of ether oxygens (including phenoxy) is 2. The van der Waals surface area contributed by atoms with Crippen LogP contribution in [0.15, 0.2) is 0 Å². The van der Waals surface area contributed by atoms with Gasteiger partial charge in [-0.25, -0.2) is 4.79 Å². The van der Waals surface area contributed by atoms with Gasteiger partial charge < -0.3 is 20.1 Å². The molecule has 6 heteroatoms. The van der Waals surface area contributed by atoms with Gasteiger partial charge in [0, 0.05) is 13.1 Å². The third-order valence-corrected chi connectivity index (χ3v) is 3.57. The molecule has 0 fully saturated rings. The zero-order chi connectivity index (χ0) is 18.2. The van der Waals surface area contributed by atoms with Crippen LogP contribution in [-0.2, 0) is 14.3 Å². The van der Waals surface area contributed by atoms with Crippen molar-refractivity contribution >= 4 is 12.1 Å². The molecule has 6 nitrogen and oxygen atoms in total. The number of amides is 1. The van der Waals surface area contributed by atoms with Crippen molar-refractivity contribution < 1.29 is 19.1 Å². The van der Waals surface area contributed by atoms with E-state index in [2.05, 4.69) is 24.5 Å². The average molecular weight is 330 g/mol. The van der Waals surface area contributed by atoms with Gasteiger partial charge in [-0.05, 0) is 38.5 Å². The Labute approximate surface area is 140 Å². The molecule has 23 heavy (non-hydrogen) atoms. The van der Waals surface area contributed by atoms with Crippen molar-refractivity contribution in [1.82, 2.24) is 10.6 Å². The lowest BCUT2D eigenvalue weighted by molar-refractivity contribution is -0.144. The predicted molar refractivity (Wildman–Crippen MR) is 91.2 cm³/mol. The first-order chi connectivity index (χ1) is 10.5. The Morgan fingerprint density at radius 1 is 1.00 bits per heavy atom. The first-order valence-electron chi connectivity index (χ1n) is 8.26. The van der Waals surface area contributed by atoms with Gasteiger partial charge in [-0.1, -0.05) is 27.7 Å². The summed E-state index contributed by atoms with van der Waals surface area (Å²) in [6.07, 6.45) is -0.420. The van der Waals surface area contributed by atoms with Crippen molar-refractivity contribution in [2.45, 2.75) is 60.1 Å². The number of nitrogens with one attached hydrogen (secondary N) is 2. The van der Waals surface area contributed by atoms with Crippen molar-refractivity contribution in [1.29, 1.82) is 0 Å². The summed E-state index contributed by atoms with van der Waals surface area (Å²) in [6, 6.07) is -0.345. The molecule has 2 atom stereocenters. The number of methoxy groups -OCH3 is 1. The maximum absolute atomic E-state index is 11.8. The molecule has 1 amide bonds. The van der Waals surface area contributed by atoms with Gasteiger partial charge in [0.05, 0.1) is 7.11 Å². The minimum Gasteiger partial charge on any atom is -0.468 e. The zero-order valence-corrected chi connectivity index (χ0v) is 15.9. The molecule has 0 spiro atoms. The molecule has 2 N–H and O–H groups in total. The van der Waals surface area contributed by atoms with Crippen molar-refractivity contribution in [3.8, 4) is 0 Å². The number of alkyl carbamates (subject to hydrolysis) is 1. The highest BCUT2D eigenvalue weighted by Crippen LogP contribution is 2.12. The fourth-order valence-corrected chi connectivity index (χ4v) is 2.07. The molecule has 0 rings (SSSR count). The van der Waals surface area contributed by atoms with E-state index < -0.39 is 11.7 Å². The van der Waals surface area contributed by atoms with E-state index in [1.807, 2.05) is 34.6 Å². The van der Waals surface area contributed by atoms with Crippen LogP contribution in [0, 0.1) is 17.8 Å². The van der Waals surface area contributed by atoms with Gasteiger partial charge in [-0.2, -0.15) is 0 Å². The van der Waals surface area contributed by atoms with Crippen molar-refractivity contribution in [2.24, 2.45) is 17.8 Å². The second-order valence-electron chi connectivity index (χ2n) is 7.54. The lowest BCUT2D eigenvalue weighted by atomic mass is 9.94. The normalized spacial score (nSPS) is 14.5. The van der Waals surface area contributed by atoms with Crippen molar-refractivity contribution in [3.05, 3.63) is 0 Å². The van der Waals surface area contributed by atoms with Gasteiger partial charge in [0.2, 0.25) is 0 Å². The van der Waals surface area contributed by atoms with E-state index in [1.165, 1.54) is 7.11 Å². The van der Waals surface area contributed by atoms with E-state index in [4.69, 9.17) is 9.47 Å². The van der Waals surface area contributed by atoms with E-state index >= 15 is 0 Å². The van der Waals surface area contributed by atoms with Crippen LogP contribution in [0.1, 0.15) is 48.5 Å². The molecule has 0 aliphatic heterocycles. The smallest absolute Gasteiger partial charge is 0.407 e. The van der Waals surface area contributed by atoms with E-state index in [0.29, 0.717) is 19.0 Å². The number of esters is 1. The van der Waals surface area contributed by atoms with E-state index in [1.54, 1.807) is 0 Å². The highest BCUT2D eigenvalue weighted by molar-refractivity contribution is 5.75. The monoisotopic (exact) mass is 330 g/mol. The number of hydrogen-bond acceptors (Lipinski definition) is 5. The number of carbonyl (C=O) groups is 2. The lowest BCUT2D eigenvalue weighted by Gasteiger charge is -2.27. The first-order valence-corrected chi connectivity index (χ1v) is 8.26. The minimum absolute atomic E-state index is 0.133. The third-order valence-electron chi connectivity index (χ3n) is 3.57. The number of hydrogen-bond donors (Lipinski definition) is 2. The van der Waals surface area contributed by atoms with Crippen LogP contribution in [0.2, 0.25) is 0 Å². The number of rotatable bonds is 8. The van der Waals surface area contributed by atoms with Crippen LogP contribution in [0.3, 0.4) is 0 Å². The summed E-state index contributed by atoms with van der Waals surface area (Å²) in [5.74, 6) is 0.410. The lowest BCUT2D eigenvalue weighted by Crippen LogP contribution is -2.46. The molecule has 0 bridgehead atoms. The molecule has 136 valence electrons. The predicted octanol–water partition coefficient (Wildman–Crippen LogP) is 2.57. The Kier molecular flexibility index (Phi) is 9.20. The molecule has 0 aliphatic carbocycles. The van der Waals surface area contributed by atoms with Crippen molar-refractivity contribution in [2.75, 3.05) is 20.2 Å². The molecule has 0 saturated heterocycles. The molecule has 0 radical (unpaired) electrons. The summed E-state index contributed by atoms with van der Waals surface area (Å²) in [5.41, 5.74) is -0.511. The minimum atomic E-state index is -0.511. The molecular weight excluding hydrogens is 296 g/mol. The molecule has 0 aromatic rings. The van der Waals surface area contributed by atoms with Crippen LogP contribution in [0.25, 0.3) is 0 Å². The molecule has 0 aromatic carbocycles. The van der Waals surface area contributed by atoms with Crippen LogP contribution < -0.4 is 10.6 Å². The highest BCUT2D eigenvalue weighted by Gasteiger charge is 2.25. The molecule has 0 heterocycles. The SMILES string of the molecule is COC(=O)[C@@H](NCC(CNC(=O)OC(C)(C)C)C(C)C)C(C)C. The van der Waals surface area contributed by atoms with Gasteiger partial charge in [0.1, 0.15) is 11.6 Å². The summed E-state index contributed by atoms with van der Waals surface area (Å²) in [5, 5.41) is 6.06. The molecule has 0 aromatic heterocycles. The topological polar surface area (TPSA) is 76.7 Å². The summed E-state index contributed by atoms with van der Waals surface area (Å²) in [4.78, 5) is 23.5.